The average molecular weight is 714 g/mol. The third-order valence-electron chi connectivity index (χ3n) is 12.0. The standard InChI is InChI=1S/C53H35N3/c1-54-47-27-24-35(36-25-28-50-46(32-36)52-40-18-9-8-13-34(40)23-30-51(52)56(50)39-16-6-3-7-17-39)31-45(47)43-21-12-20-41(53(43)54)37-26-29-49-44(33-37)42-19-10-11-22-48(42)55(49)38-14-4-2-5-15-38/h2-33H,1H3. The monoisotopic (exact) mass is 713 g/mol. The highest BCUT2D eigenvalue weighted by Gasteiger charge is 2.19. The minimum atomic E-state index is 1.17. The summed E-state index contributed by atoms with van der Waals surface area (Å²) in [4.78, 5) is 0. The lowest BCUT2D eigenvalue weighted by Gasteiger charge is -2.09. The van der Waals surface area contributed by atoms with Crippen molar-refractivity contribution in [2.75, 3.05) is 0 Å². The normalized spacial score (nSPS) is 12.0. The molecule has 56 heavy (non-hydrogen) atoms. The number of fused-ring (bicyclic) bond motifs is 11. The van der Waals surface area contributed by atoms with Gasteiger partial charge < -0.3 is 13.7 Å². The Kier molecular flexibility index (Phi) is 6.55. The van der Waals surface area contributed by atoms with E-state index in [0.717, 1.165) is 0 Å². The smallest absolute Gasteiger partial charge is 0.0568 e. The van der Waals surface area contributed by atoms with Crippen LogP contribution in [0.5, 0.6) is 0 Å². The topological polar surface area (TPSA) is 14.8 Å². The van der Waals surface area contributed by atoms with Crippen LogP contribution in [-0.4, -0.2) is 13.7 Å². The van der Waals surface area contributed by atoms with E-state index in [2.05, 4.69) is 215 Å². The third-order valence-corrected chi connectivity index (χ3v) is 12.0. The van der Waals surface area contributed by atoms with Crippen LogP contribution in [0.1, 0.15) is 0 Å². The van der Waals surface area contributed by atoms with Gasteiger partial charge in [0.15, 0.2) is 0 Å². The van der Waals surface area contributed by atoms with Crippen molar-refractivity contribution in [2.24, 2.45) is 7.05 Å². The molecule has 0 unspecified atom stereocenters. The van der Waals surface area contributed by atoms with Crippen LogP contribution in [-0.2, 0) is 7.05 Å². The van der Waals surface area contributed by atoms with Gasteiger partial charge in [0, 0.05) is 61.8 Å². The third kappa shape index (κ3) is 4.40. The minimum Gasteiger partial charge on any atom is -0.343 e. The van der Waals surface area contributed by atoms with Gasteiger partial charge in [-0.25, -0.2) is 0 Å². The molecular weight excluding hydrogens is 679 g/mol. The zero-order chi connectivity index (χ0) is 36.9. The molecule has 3 aromatic heterocycles. The summed E-state index contributed by atoms with van der Waals surface area (Å²) in [7, 11) is 2.21. The maximum absolute atomic E-state index is 2.41. The highest BCUT2D eigenvalue weighted by Crippen LogP contribution is 2.42. The first-order valence-corrected chi connectivity index (χ1v) is 19.3. The van der Waals surface area contributed by atoms with Gasteiger partial charge in [0.2, 0.25) is 0 Å². The predicted molar refractivity (Wildman–Crippen MR) is 237 cm³/mol. The Hall–Kier alpha value is -7.36. The number of para-hydroxylation sites is 4. The van der Waals surface area contributed by atoms with E-state index in [4.69, 9.17) is 0 Å². The summed E-state index contributed by atoms with van der Waals surface area (Å²) in [6, 6.07) is 71.2. The van der Waals surface area contributed by atoms with E-state index in [-0.39, 0.29) is 0 Å². The molecule has 0 spiro atoms. The Morgan fingerprint density at radius 2 is 0.839 bits per heavy atom. The van der Waals surface area contributed by atoms with Gasteiger partial charge in [-0.05, 0) is 100 Å². The van der Waals surface area contributed by atoms with Crippen LogP contribution in [0.25, 0.3) is 110 Å². The fourth-order valence-electron chi connectivity index (χ4n) is 9.52. The molecule has 0 atom stereocenters. The first kappa shape index (κ1) is 31.0. The Morgan fingerprint density at radius 3 is 1.61 bits per heavy atom. The number of nitrogens with zero attached hydrogens (tertiary/aromatic N) is 3. The van der Waals surface area contributed by atoms with Crippen molar-refractivity contribution in [3.63, 3.8) is 0 Å². The SMILES string of the molecule is Cn1c2ccc(-c3ccc4c(c3)c3c5ccccc5ccc3n4-c3ccccc3)cc2c2cccc(-c3ccc4c(c3)c3ccccc3n4-c3ccccc3)c21. The van der Waals surface area contributed by atoms with Gasteiger partial charge in [0.25, 0.3) is 0 Å². The van der Waals surface area contributed by atoms with Crippen LogP contribution >= 0.6 is 0 Å². The predicted octanol–water partition coefficient (Wildman–Crippen LogP) is 14.0. The lowest BCUT2D eigenvalue weighted by atomic mass is 9.98. The number of hydrogen-bond donors (Lipinski definition) is 0. The molecular formula is C53H35N3. The number of aryl methyl sites for hydroxylation is 1. The minimum absolute atomic E-state index is 1.17. The van der Waals surface area contributed by atoms with Gasteiger partial charge in [0.1, 0.15) is 0 Å². The molecule has 3 heteroatoms. The van der Waals surface area contributed by atoms with Crippen molar-refractivity contribution < 1.29 is 0 Å². The van der Waals surface area contributed by atoms with Gasteiger partial charge in [-0.15, -0.1) is 0 Å². The van der Waals surface area contributed by atoms with E-state index < -0.39 is 0 Å². The summed E-state index contributed by atoms with van der Waals surface area (Å²) in [6.45, 7) is 0. The lowest BCUT2D eigenvalue weighted by Crippen LogP contribution is -1.93. The molecule has 0 fully saturated rings. The van der Waals surface area contributed by atoms with E-state index in [0.29, 0.717) is 0 Å². The molecule has 9 aromatic carbocycles. The molecule has 0 amide bonds. The van der Waals surface area contributed by atoms with E-state index in [9.17, 15) is 0 Å². The van der Waals surface area contributed by atoms with Crippen LogP contribution < -0.4 is 0 Å². The van der Waals surface area contributed by atoms with Gasteiger partial charge in [0.05, 0.1) is 27.6 Å². The van der Waals surface area contributed by atoms with Crippen LogP contribution in [0, 0.1) is 0 Å². The summed E-state index contributed by atoms with van der Waals surface area (Å²) < 4.78 is 7.17. The van der Waals surface area contributed by atoms with Gasteiger partial charge in [-0.3, -0.25) is 0 Å². The van der Waals surface area contributed by atoms with Crippen molar-refractivity contribution in [2.45, 2.75) is 0 Å². The molecule has 3 nitrogen and oxygen atoms in total. The van der Waals surface area contributed by atoms with E-state index >= 15 is 0 Å². The molecule has 0 aliphatic heterocycles. The summed E-state index contributed by atoms with van der Waals surface area (Å²) >= 11 is 0. The van der Waals surface area contributed by atoms with Crippen LogP contribution in [0.2, 0.25) is 0 Å². The second-order valence-electron chi connectivity index (χ2n) is 15.0. The van der Waals surface area contributed by atoms with Gasteiger partial charge in [-0.2, -0.15) is 0 Å². The van der Waals surface area contributed by atoms with Crippen molar-refractivity contribution in [1.29, 1.82) is 0 Å². The number of hydrogen-bond acceptors (Lipinski definition) is 0. The molecule has 0 N–H and O–H groups in total. The van der Waals surface area contributed by atoms with Crippen molar-refractivity contribution in [3.05, 3.63) is 194 Å². The largest absolute Gasteiger partial charge is 0.343 e. The van der Waals surface area contributed by atoms with Crippen molar-refractivity contribution in [3.8, 4) is 33.6 Å². The Labute approximate surface area is 323 Å². The number of aromatic nitrogens is 3. The maximum Gasteiger partial charge on any atom is 0.0568 e. The Bertz CT molecular complexity index is 3530. The van der Waals surface area contributed by atoms with E-state index in [1.54, 1.807) is 0 Å². The van der Waals surface area contributed by atoms with Crippen LogP contribution in [0.15, 0.2) is 194 Å². The summed E-state index contributed by atoms with van der Waals surface area (Å²) in [5.74, 6) is 0. The molecule has 262 valence electrons. The molecule has 12 rings (SSSR count). The van der Waals surface area contributed by atoms with E-state index in [1.165, 1.54) is 110 Å². The quantitative estimate of drug-likeness (QED) is 0.172. The van der Waals surface area contributed by atoms with Gasteiger partial charge >= 0.3 is 0 Å². The molecule has 0 aliphatic carbocycles. The summed E-state index contributed by atoms with van der Waals surface area (Å²) in [5, 5.41) is 10.2. The fourth-order valence-corrected chi connectivity index (χ4v) is 9.52. The Morgan fingerprint density at radius 1 is 0.321 bits per heavy atom. The van der Waals surface area contributed by atoms with Crippen molar-refractivity contribution >= 4 is 76.2 Å². The van der Waals surface area contributed by atoms with Gasteiger partial charge in [-0.1, -0.05) is 121 Å². The highest BCUT2D eigenvalue weighted by molar-refractivity contribution is 6.22. The zero-order valence-corrected chi connectivity index (χ0v) is 30.8. The first-order chi connectivity index (χ1) is 27.7. The molecule has 12 aromatic rings. The average Bonchev–Trinajstić information content (AvgIpc) is 3.89. The zero-order valence-electron chi connectivity index (χ0n) is 30.8. The fraction of sp³-hybridized carbons (Fsp3) is 0.0189. The molecule has 0 saturated carbocycles. The summed E-state index contributed by atoms with van der Waals surface area (Å²) in [5.41, 5.74) is 14.6. The second kappa shape index (κ2) is 11.8. The second-order valence-corrected chi connectivity index (χ2v) is 15.0. The molecule has 0 radical (unpaired) electrons. The van der Waals surface area contributed by atoms with Crippen LogP contribution in [0.3, 0.4) is 0 Å². The van der Waals surface area contributed by atoms with Crippen molar-refractivity contribution in [1.82, 2.24) is 13.7 Å². The number of rotatable bonds is 4. The molecule has 0 aliphatic rings. The molecule has 3 heterocycles. The highest BCUT2D eigenvalue weighted by atomic mass is 15.0. The maximum atomic E-state index is 2.41. The Balaban J connectivity index is 1.04. The molecule has 0 saturated heterocycles. The number of benzene rings is 9. The first-order valence-electron chi connectivity index (χ1n) is 19.3. The van der Waals surface area contributed by atoms with E-state index in [1.807, 2.05) is 0 Å². The summed E-state index contributed by atoms with van der Waals surface area (Å²) in [6.07, 6.45) is 0. The lowest BCUT2D eigenvalue weighted by molar-refractivity contribution is 1.02. The molecule has 0 bridgehead atoms. The van der Waals surface area contributed by atoms with Crippen LogP contribution in [0.4, 0.5) is 0 Å².